The highest BCUT2D eigenvalue weighted by atomic mass is 32.1. The highest BCUT2D eigenvalue weighted by molar-refractivity contribution is 7.80. The molecule has 1 fully saturated rings. The largest absolute Gasteiger partial charge is 0.392 e. The van der Waals surface area contributed by atoms with E-state index in [-0.39, 0.29) is 11.9 Å². The van der Waals surface area contributed by atoms with Gasteiger partial charge in [0.1, 0.15) is 0 Å². The molecule has 0 aromatic carbocycles. The molecule has 6 heteroatoms. The first kappa shape index (κ1) is 14.9. The van der Waals surface area contributed by atoms with Crippen molar-refractivity contribution in [2.45, 2.75) is 25.8 Å². The highest BCUT2D eigenvalue weighted by Crippen LogP contribution is 2.11. The van der Waals surface area contributed by atoms with E-state index in [1.165, 1.54) is 0 Å². The van der Waals surface area contributed by atoms with Crippen LogP contribution < -0.4 is 11.1 Å². The summed E-state index contributed by atoms with van der Waals surface area (Å²) >= 11 is 4.91. The van der Waals surface area contributed by atoms with E-state index in [9.17, 15) is 4.79 Å². The second-order valence-electron chi connectivity index (χ2n) is 5.18. The van der Waals surface area contributed by atoms with Gasteiger partial charge < -0.3 is 11.1 Å². The van der Waals surface area contributed by atoms with Gasteiger partial charge in [-0.05, 0) is 31.9 Å². The number of piperidine rings is 1. The number of aryl methyl sites for hydroxylation is 1. The predicted molar refractivity (Wildman–Crippen MR) is 82.7 cm³/mol. The summed E-state index contributed by atoms with van der Waals surface area (Å²) in [6, 6.07) is 3.87. The van der Waals surface area contributed by atoms with E-state index < -0.39 is 0 Å². The van der Waals surface area contributed by atoms with E-state index in [0.29, 0.717) is 17.1 Å². The van der Waals surface area contributed by atoms with Gasteiger partial charge in [0.15, 0.2) is 0 Å². The summed E-state index contributed by atoms with van der Waals surface area (Å²) in [5.41, 5.74) is 7.06. The van der Waals surface area contributed by atoms with Gasteiger partial charge >= 0.3 is 0 Å². The maximum Gasteiger partial charge on any atom is 0.253 e. The van der Waals surface area contributed by atoms with Gasteiger partial charge in [0, 0.05) is 37.6 Å². The van der Waals surface area contributed by atoms with Crippen molar-refractivity contribution in [2.75, 3.05) is 19.6 Å². The Kier molecular flexibility index (Phi) is 5.03. The molecule has 108 valence electrons. The minimum Gasteiger partial charge on any atom is -0.392 e. The number of rotatable bonds is 4. The summed E-state index contributed by atoms with van der Waals surface area (Å²) in [5.74, 6) is -0.0507. The van der Waals surface area contributed by atoms with Crippen LogP contribution in [0.5, 0.6) is 0 Å². The van der Waals surface area contributed by atoms with Crippen LogP contribution in [0.3, 0.4) is 0 Å². The Hall–Kier alpha value is -1.53. The van der Waals surface area contributed by atoms with Gasteiger partial charge in [0.05, 0.1) is 10.6 Å². The molecule has 0 unspecified atom stereocenters. The summed E-state index contributed by atoms with van der Waals surface area (Å²) in [4.78, 5) is 19.0. The van der Waals surface area contributed by atoms with Gasteiger partial charge in [-0.2, -0.15) is 0 Å². The minimum absolute atomic E-state index is 0.0507. The van der Waals surface area contributed by atoms with E-state index in [0.717, 1.165) is 31.6 Å². The lowest BCUT2D eigenvalue weighted by molar-refractivity contribution is 0.0914. The van der Waals surface area contributed by atoms with Crippen LogP contribution in [-0.2, 0) is 0 Å². The van der Waals surface area contributed by atoms with Crippen LogP contribution in [-0.4, -0.2) is 46.5 Å². The molecule has 1 aromatic heterocycles. The second-order valence-corrected chi connectivity index (χ2v) is 5.70. The Bertz CT molecular complexity index is 480. The number of hydrogen-bond acceptors (Lipinski definition) is 4. The number of nitrogens with one attached hydrogen (secondary N) is 1. The SMILES string of the molecule is Cc1ccc(C(=O)NC2CCN(CC(N)=S)CC2)cn1. The Labute approximate surface area is 124 Å². The van der Waals surface area contributed by atoms with Gasteiger partial charge in [0.25, 0.3) is 5.91 Å². The van der Waals surface area contributed by atoms with Gasteiger partial charge in [0.2, 0.25) is 0 Å². The molecule has 0 saturated carbocycles. The van der Waals surface area contributed by atoms with Gasteiger partial charge in [-0.25, -0.2) is 0 Å². The molecule has 2 rings (SSSR count). The third-order valence-electron chi connectivity index (χ3n) is 3.48. The van der Waals surface area contributed by atoms with Crippen molar-refractivity contribution in [2.24, 2.45) is 5.73 Å². The van der Waals surface area contributed by atoms with Crippen LogP contribution in [0.25, 0.3) is 0 Å². The number of carbonyl (C=O) groups excluding carboxylic acids is 1. The van der Waals surface area contributed by atoms with Crippen LogP contribution in [0.1, 0.15) is 28.9 Å². The summed E-state index contributed by atoms with van der Waals surface area (Å²) in [7, 11) is 0. The van der Waals surface area contributed by atoms with Crippen LogP contribution in [0.4, 0.5) is 0 Å². The van der Waals surface area contributed by atoms with Gasteiger partial charge in [-0.1, -0.05) is 12.2 Å². The van der Waals surface area contributed by atoms with Crippen LogP contribution in [0.2, 0.25) is 0 Å². The molecule has 0 radical (unpaired) electrons. The van der Waals surface area contributed by atoms with Crippen LogP contribution >= 0.6 is 12.2 Å². The summed E-state index contributed by atoms with van der Waals surface area (Å²) in [6.45, 7) is 4.39. The van der Waals surface area contributed by atoms with Crippen molar-refractivity contribution in [3.8, 4) is 0 Å². The predicted octanol–water partition coefficient (Wildman–Crippen LogP) is 0.870. The fourth-order valence-corrected chi connectivity index (χ4v) is 2.51. The van der Waals surface area contributed by atoms with E-state index in [1.54, 1.807) is 12.3 Å². The molecule has 0 aliphatic carbocycles. The van der Waals surface area contributed by atoms with Crippen molar-refractivity contribution in [3.63, 3.8) is 0 Å². The van der Waals surface area contributed by atoms with E-state index >= 15 is 0 Å². The molecule has 0 bridgehead atoms. The number of likely N-dealkylation sites (tertiary alicyclic amines) is 1. The lowest BCUT2D eigenvalue weighted by atomic mass is 10.0. The third kappa shape index (κ3) is 4.25. The first-order valence-electron chi connectivity index (χ1n) is 6.79. The first-order valence-corrected chi connectivity index (χ1v) is 7.19. The third-order valence-corrected chi connectivity index (χ3v) is 3.60. The number of nitrogens with zero attached hydrogens (tertiary/aromatic N) is 2. The van der Waals surface area contributed by atoms with Crippen molar-refractivity contribution in [1.82, 2.24) is 15.2 Å². The maximum absolute atomic E-state index is 12.1. The normalized spacial score (nSPS) is 16.9. The zero-order chi connectivity index (χ0) is 14.5. The lowest BCUT2D eigenvalue weighted by Gasteiger charge is -2.31. The van der Waals surface area contributed by atoms with Gasteiger partial charge in [-0.3, -0.25) is 14.7 Å². The molecule has 1 aliphatic rings. The Balaban J connectivity index is 1.82. The molecule has 1 saturated heterocycles. The zero-order valence-corrected chi connectivity index (χ0v) is 12.4. The molecule has 20 heavy (non-hydrogen) atoms. The molecular formula is C14H20N4OS. The molecule has 2 heterocycles. The number of carbonyl (C=O) groups is 1. The molecule has 3 N–H and O–H groups in total. The van der Waals surface area contributed by atoms with Crippen molar-refractivity contribution >= 4 is 23.1 Å². The molecule has 0 atom stereocenters. The smallest absolute Gasteiger partial charge is 0.253 e. The monoisotopic (exact) mass is 292 g/mol. The van der Waals surface area contributed by atoms with Gasteiger partial charge in [-0.15, -0.1) is 0 Å². The minimum atomic E-state index is -0.0507. The number of hydrogen-bond donors (Lipinski definition) is 2. The lowest BCUT2D eigenvalue weighted by Crippen LogP contribution is -2.46. The van der Waals surface area contributed by atoms with E-state index in [1.807, 2.05) is 13.0 Å². The van der Waals surface area contributed by atoms with Crippen LogP contribution in [0, 0.1) is 6.92 Å². The van der Waals surface area contributed by atoms with Crippen molar-refractivity contribution < 1.29 is 4.79 Å². The highest BCUT2D eigenvalue weighted by Gasteiger charge is 2.21. The summed E-state index contributed by atoms with van der Waals surface area (Å²) in [6.07, 6.45) is 3.47. The van der Waals surface area contributed by atoms with Crippen LogP contribution in [0.15, 0.2) is 18.3 Å². The average Bonchev–Trinajstić information content (AvgIpc) is 2.41. The summed E-state index contributed by atoms with van der Waals surface area (Å²) < 4.78 is 0. The number of pyridine rings is 1. The molecular weight excluding hydrogens is 272 g/mol. The Morgan fingerprint density at radius 2 is 2.20 bits per heavy atom. The zero-order valence-electron chi connectivity index (χ0n) is 11.6. The Morgan fingerprint density at radius 3 is 2.75 bits per heavy atom. The quantitative estimate of drug-likeness (QED) is 0.806. The van der Waals surface area contributed by atoms with Crippen molar-refractivity contribution in [3.05, 3.63) is 29.6 Å². The number of aromatic nitrogens is 1. The maximum atomic E-state index is 12.1. The topological polar surface area (TPSA) is 71.2 Å². The number of amides is 1. The second kappa shape index (κ2) is 6.76. The van der Waals surface area contributed by atoms with Crippen molar-refractivity contribution in [1.29, 1.82) is 0 Å². The molecule has 1 amide bonds. The Morgan fingerprint density at radius 1 is 1.50 bits per heavy atom. The molecule has 1 aromatic rings. The fraction of sp³-hybridized carbons (Fsp3) is 0.500. The van der Waals surface area contributed by atoms with E-state index in [4.69, 9.17) is 18.0 Å². The molecule has 5 nitrogen and oxygen atoms in total. The van der Waals surface area contributed by atoms with E-state index in [2.05, 4.69) is 15.2 Å². The standard InChI is InChI=1S/C14H20N4OS/c1-10-2-3-11(8-16-10)14(19)17-12-4-6-18(7-5-12)9-13(15)20/h2-3,8,12H,4-7,9H2,1H3,(H2,15,20)(H,17,19). The molecule has 0 spiro atoms. The fourth-order valence-electron chi connectivity index (χ4n) is 2.33. The molecule has 1 aliphatic heterocycles. The first-order chi connectivity index (χ1) is 9.54. The number of thiocarbonyl (C=S) groups is 1. The number of nitrogens with two attached hydrogens (primary N) is 1. The average molecular weight is 292 g/mol. The summed E-state index contributed by atoms with van der Waals surface area (Å²) in [5, 5.41) is 3.06.